The highest BCUT2D eigenvalue weighted by Crippen LogP contribution is 2.29. The minimum absolute atomic E-state index is 0.306. The van der Waals surface area contributed by atoms with Gasteiger partial charge in [-0.25, -0.2) is 9.59 Å². The fourth-order valence-electron chi connectivity index (χ4n) is 2.46. The summed E-state index contributed by atoms with van der Waals surface area (Å²) in [5.74, 6) is -0.487. The lowest BCUT2D eigenvalue weighted by atomic mass is 10.0. The second-order valence-corrected chi connectivity index (χ2v) is 6.97. The lowest BCUT2D eigenvalue weighted by Gasteiger charge is -2.37. The third-order valence-electron chi connectivity index (χ3n) is 3.48. The van der Waals surface area contributed by atoms with Crippen LogP contribution in [0.25, 0.3) is 0 Å². The van der Waals surface area contributed by atoms with Crippen molar-refractivity contribution in [1.29, 1.82) is 0 Å². The molecule has 6 nitrogen and oxygen atoms in total. The number of methoxy groups -OCH3 is 1. The average molecular weight is 356 g/mol. The van der Waals surface area contributed by atoms with Gasteiger partial charge in [-0.3, -0.25) is 4.90 Å². The van der Waals surface area contributed by atoms with Crippen molar-refractivity contribution in [1.82, 2.24) is 4.90 Å². The Bertz CT molecular complexity index is 626. The molecule has 0 aromatic heterocycles. The number of amides is 1. The molecule has 0 unspecified atom stereocenters. The first-order chi connectivity index (χ1) is 11.2. The zero-order valence-corrected chi connectivity index (χ0v) is 15.1. The Labute approximate surface area is 146 Å². The van der Waals surface area contributed by atoms with Crippen LogP contribution in [0.5, 0.6) is 0 Å². The topological polar surface area (TPSA) is 65.1 Å². The summed E-state index contributed by atoms with van der Waals surface area (Å²) in [5.41, 5.74) is 0.439. The fraction of sp³-hybridized carbons (Fsp3) is 0.529. The zero-order chi connectivity index (χ0) is 17.9. The predicted octanol–water partition coefficient (Wildman–Crippen LogP) is 3.44. The number of hydrogen-bond acceptors (Lipinski definition) is 5. The molecule has 0 radical (unpaired) electrons. The predicted molar refractivity (Wildman–Crippen MR) is 89.3 cm³/mol. The van der Waals surface area contributed by atoms with Crippen molar-refractivity contribution in [3.8, 4) is 0 Å². The molecule has 1 fully saturated rings. The zero-order valence-electron chi connectivity index (χ0n) is 14.3. The molecule has 1 aliphatic heterocycles. The number of esters is 1. The Morgan fingerprint density at radius 2 is 2.00 bits per heavy atom. The van der Waals surface area contributed by atoms with Crippen molar-refractivity contribution >= 4 is 23.7 Å². The van der Waals surface area contributed by atoms with Crippen LogP contribution < -0.4 is 0 Å². The van der Waals surface area contributed by atoms with E-state index in [4.69, 9.17) is 25.8 Å². The number of carbonyl (C=O) groups is 2. The van der Waals surface area contributed by atoms with Crippen molar-refractivity contribution in [2.24, 2.45) is 0 Å². The summed E-state index contributed by atoms with van der Waals surface area (Å²) in [6.45, 7) is 6.58. The Balaban J connectivity index is 2.32. The summed E-state index contributed by atoms with van der Waals surface area (Å²) in [6.07, 6.45) is -0.421. The standard InChI is InChI=1S/C17H22ClNO5/c1-17(2,3)24-16(21)19-5-6-23-10-14(19)11-7-12(15(20)22-4)9-13(18)8-11/h7-9,14H,5-6,10H2,1-4H3/t14-/m0/s1. The van der Waals surface area contributed by atoms with Crippen LogP contribution in [-0.4, -0.2) is 49.4 Å². The number of hydrogen-bond donors (Lipinski definition) is 0. The summed E-state index contributed by atoms with van der Waals surface area (Å²) in [4.78, 5) is 25.9. The molecule has 1 aliphatic rings. The smallest absolute Gasteiger partial charge is 0.410 e. The normalized spacial score (nSPS) is 18.2. The maximum absolute atomic E-state index is 12.5. The first kappa shape index (κ1) is 18.5. The highest BCUT2D eigenvalue weighted by molar-refractivity contribution is 6.31. The van der Waals surface area contributed by atoms with Gasteiger partial charge in [0, 0.05) is 11.6 Å². The van der Waals surface area contributed by atoms with Gasteiger partial charge < -0.3 is 14.2 Å². The SMILES string of the molecule is COC(=O)c1cc(Cl)cc([C@@H]2COCCN2C(=O)OC(C)(C)C)c1. The van der Waals surface area contributed by atoms with Gasteiger partial charge in [-0.1, -0.05) is 11.6 Å². The van der Waals surface area contributed by atoms with Crippen LogP contribution in [0.3, 0.4) is 0 Å². The number of nitrogens with zero attached hydrogens (tertiary/aromatic N) is 1. The molecule has 1 saturated heterocycles. The number of morpholine rings is 1. The minimum Gasteiger partial charge on any atom is -0.465 e. The van der Waals surface area contributed by atoms with E-state index in [1.165, 1.54) is 13.2 Å². The molecule has 0 spiro atoms. The summed E-state index contributed by atoms with van der Waals surface area (Å²) >= 11 is 6.12. The van der Waals surface area contributed by atoms with Gasteiger partial charge >= 0.3 is 12.1 Å². The number of rotatable bonds is 2. The molecular formula is C17H22ClNO5. The van der Waals surface area contributed by atoms with E-state index in [1.54, 1.807) is 17.0 Å². The van der Waals surface area contributed by atoms with E-state index in [-0.39, 0.29) is 6.04 Å². The minimum atomic E-state index is -0.592. The van der Waals surface area contributed by atoms with Crippen LogP contribution in [-0.2, 0) is 14.2 Å². The van der Waals surface area contributed by atoms with Crippen molar-refractivity contribution in [2.75, 3.05) is 26.9 Å². The Kier molecular flexibility index (Phi) is 5.72. The summed E-state index contributed by atoms with van der Waals surface area (Å²) in [6, 6.07) is 4.52. The lowest BCUT2D eigenvalue weighted by Crippen LogP contribution is -2.45. The molecule has 24 heavy (non-hydrogen) atoms. The summed E-state index contributed by atoms with van der Waals surface area (Å²) < 4.78 is 15.7. The van der Waals surface area contributed by atoms with Crippen LogP contribution >= 0.6 is 11.6 Å². The molecule has 0 saturated carbocycles. The molecule has 7 heteroatoms. The van der Waals surface area contributed by atoms with E-state index in [9.17, 15) is 9.59 Å². The second kappa shape index (κ2) is 7.40. The molecule has 0 aliphatic carbocycles. The molecule has 1 atom stereocenters. The maximum atomic E-state index is 12.5. The van der Waals surface area contributed by atoms with Crippen molar-refractivity contribution in [3.05, 3.63) is 34.3 Å². The van der Waals surface area contributed by atoms with Crippen molar-refractivity contribution in [3.63, 3.8) is 0 Å². The number of carbonyl (C=O) groups excluding carboxylic acids is 2. The Morgan fingerprint density at radius 3 is 2.62 bits per heavy atom. The van der Waals surface area contributed by atoms with Crippen LogP contribution in [0.1, 0.15) is 42.7 Å². The highest BCUT2D eigenvalue weighted by Gasteiger charge is 2.32. The average Bonchev–Trinajstić information content (AvgIpc) is 2.52. The van der Waals surface area contributed by atoms with E-state index in [2.05, 4.69) is 0 Å². The van der Waals surface area contributed by atoms with Gasteiger partial charge in [-0.05, 0) is 44.5 Å². The molecule has 132 valence electrons. The lowest BCUT2D eigenvalue weighted by molar-refractivity contribution is -0.0331. The quantitative estimate of drug-likeness (QED) is 0.760. The van der Waals surface area contributed by atoms with Gasteiger partial charge in [0.1, 0.15) is 5.60 Å². The highest BCUT2D eigenvalue weighted by atomic mass is 35.5. The molecule has 1 aromatic rings. The molecule has 1 aromatic carbocycles. The monoisotopic (exact) mass is 355 g/mol. The Hall–Kier alpha value is -1.79. The van der Waals surface area contributed by atoms with Gasteiger partial charge in [0.05, 0.1) is 31.9 Å². The van der Waals surface area contributed by atoms with Gasteiger partial charge in [-0.2, -0.15) is 0 Å². The molecule has 2 rings (SSSR count). The molecule has 0 N–H and O–H groups in total. The maximum Gasteiger partial charge on any atom is 0.410 e. The Morgan fingerprint density at radius 1 is 1.29 bits per heavy atom. The van der Waals surface area contributed by atoms with E-state index in [1.807, 2.05) is 20.8 Å². The molecule has 1 amide bonds. The van der Waals surface area contributed by atoms with E-state index < -0.39 is 17.7 Å². The summed E-state index contributed by atoms with van der Waals surface area (Å²) in [5, 5.41) is 0.391. The third kappa shape index (κ3) is 4.61. The number of ether oxygens (including phenoxy) is 3. The van der Waals surface area contributed by atoms with Gasteiger partial charge in [0.2, 0.25) is 0 Å². The van der Waals surface area contributed by atoms with Crippen LogP contribution in [0, 0.1) is 0 Å². The van der Waals surface area contributed by atoms with Crippen LogP contribution in [0.4, 0.5) is 4.79 Å². The van der Waals surface area contributed by atoms with Gasteiger partial charge in [0.15, 0.2) is 0 Å². The third-order valence-corrected chi connectivity index (χ3v) is 3.70. The van der Waals surface area contributed by atoms with Crippen molar-refractivity contribution in [2.45, 2.75) is 32.4 Å². The molecule has 0 bridgehead atoms. The molecular weight excluding hydrogens is 334 g/mol. The van der Waals surface area contributed by atoms with Crippen LogP contribution in [0.15, 0.2) is 18.2 Å². The summed E-state index contributed by atoms with van der Waals surface area (Å²) in [7, 11) is 1.31. The van der Waals surface area contributed by atoms with Gasteiger partial charge in [-0.15, -0.1) is 0 Å². The van der Waals surface area contributed by atoms with Crippen LogP contribution in [0.2, 0.25) is 5.02 Å². The number of halogens is 1. The van der Waals surface area contributed by atoms with Gasteiger partial charge in [0.25, 0.3) is 0 Å². The number of benzene rings is 1. The van der Waals surface area contributed by atoms with E-state index in [0.717, 1.165) is 0 Å². The largest absolute Gasteiger partial charge is 0.465 e. The second-order valence-electron chi connectivity index (χ2n) is 6.53. The first-order valence-corrected chi connectivity index (χ1v) is 8.05. The first-order valence-electron chi connectivity index (χ1n) is 7.67. The van der Waals surface area contributed by atoms with E-state index in [0.29, 0.717) is 35.9 Å². The fourth-order valence-corrected chi connectivity index (χ4v) is 2.70. The van der Waals surface area contributed by atoms with E-state index >= 15 is 0 Å². The molecule has 1 heterocycles. The van der Waals surface area contributed by atoms with Crippen molar-refractivity contribution < 1.29 is 23.8 Å².